The van der Waals surface area contributed by atoms with Crippen LogP contribution < -0.4 is 0 Å². The Balaban J connectivity index is 2.09. The monoisotopic (exact) mass is 321 g/mol. The summed E-state index contributed by atoms with van der Waals surface area (Å²) in [6.07, 6.45) is 0. The van der Waals surface area contributed by atoms with Crippen LogP contribution in [0.5, 0.6) is 0 Å². The Morgan fingerprint density at radius 1 is 0.696 bits per heavy atom. The highest BCUT2D eigenvalue weighted by Crippen LogP contribution is 2.31. The molecule has 0 bridgehead atoms. The molecule has 0 atom stereocenters. The summed E-state index contributed by atoms with van der Waals surface area (Å²) in [6, 6.07) is 11.9. The van der Waals surface area contributed by atoms with Crippen LogP contribution in [0.2, 0.25) is 5.02 Å². The van der Waals surface area contributed by atoms with Crippen LogP contribution in [0, 0.1) is 0 Å². The minimum atomic E-state index is -0.459. The van der Waals surface area contributed by atoms with Gasteiger partial charge in [-0.25, -0.2) is 0 Å². The first kappa shape index (κ1) is 8.33. The van der Waals surface area contributed by atoms with E-state index in [-0.39, 0.29) is 46.5 Å². The highest BCUT2D eigenvalue weighted by molar-refractivity contribution is 6.30. The summed E-state index contributed by atoms with van der Waals surface area (Å²) in [5.41, 5.74) is 2.48. The van der Waals surface area contributed by atoms with Crippen LogP contribution in [-0.4, -0.2) is 0 Å². The summed E-state index contributed by atoms with van der Waals surface area (Å²) in [6.45, 7) is 0. The van der Waals surface area contributed by atoms with E-state index in [4.69, 9.17) is 21.2 Å². The largest absolute Gasteiger partial charge is 0.0843 e. The van der Waals surface area contributed by atoms with Crippen molar-refractivity contribution in [3.63, 3.8) is 0 Å². The summed E-state index contributed by atoms with van der Waals surface area (Å²) in [5.74, 6) is 0. The van der Waals surface area contributed by atoms with Crippen LogP contribution in [0.15, 0.2) is 90.8 Å². The number of hydrogen-bond donors (Lipinski definition) is 0. The minimum Gasteiger partial charge on any atom is -0.0843 e. The second kappa shape index (κ2) is 5.91. The maximum Gasteiger partial charge on any atom is 0.0629 e. The molecule has 0 aliphatic rings. The van der Waals surface area contributed by atoms with E-state index < -0.39 is 12.1 Å². The number of hydrogen-bond acceptors (Lipinski definition) is 0. The third-order valence-electron chi connectivity index (χ3n) is 3.64. The number of halogens is 1. The van der Waals surface area contributed by atoms with Crippen LogP contribution in [0.4, 0.5) is 0 Å². The van der Waals surface area contributed by atoms with Gasteiger partial charge in [0.05, 0.1) is 9.60 Å². The highest BCUT2D eigenvalue weighted by atomic mass is 35.5. The first-order valence-electron chi connectivity index (χ1n) is 10.6. The molecule has 4 aromatic rings. The zero-order chi connectivity index (χ0) is 21.7. The first-order chi connectivity index (χ1) is 14.2. The second-order valence-electron chi connectivity index (χ2n) is 5.09. The van der Waals surface area contributed by atoms with Gasteiger partial charge in [0.1, 0.15) is 0 Å². The van der Waals surface area contributed by atoms with Crippen molar-refractivity contribution in [3.8, 4) is 22.3 Å². The number of rotatable bonds is 2. The Kier molecular flexibility index (Phi) is 2.14. The van der Waals surface area contributed by atoms with Gasteiger partial charge in [0.2, 0.25) is 0 Å². The van der Waals surface area contributed by atoms with E-state index in [1.807, 2.05) is 18.2 Å². The molecular formula is C22H15Cl. The quantitative estimate of drug-likeness (QED) is 0.379. The van der Waals surface area contributed by atoms with E-state index in [2.05, 4.69) is 0 Å². The average Bonchev–Trinajstić information content (AvgIpc) is 2.75. The van der Waals surface area contributed by atoms with Crippen molar-refractivity contribution in [2.45, 2.75) is 0 Å². The molecule has 0 nitrogen and oxygen atoms in total. The van der Waals surface area contributed by atoms with Gasteiger partial charge in [0.15, 0.2) is 0 Å². The Bertz CT molecular complexity index is 1310. The average molecular weight is 322 g/mol. The number of benzene rings is 4. The molecule has 0 spiro atoms. The molecule has 0 radical (unpaired) electrons. The van der Waals surface area contributed by atoms with Gasteiger partial charge in [0, 0.05) is 5.02 Å². The Morgan fingerprint density at radius 2 is 1.43 bits per heavy atom. The molecule has 4 rings (SSSR count). The third kappa shape index (κ3) is 2.74. The molecule has 4 aromatic carbocycles. The smallest absolute Gasteiger partial charge is 0.0629 e. The molecule has 0 saturated carbocycles. The molecule has 23 heavy (non-hydrogen) atoms. The lowest BCUT2D eigenvalue weighted by Crippen LogP contribution is -1.83. The molecule has 0 aromatic heterocycles. The molecule has 0 saturated heterocycles. The Morgan fingerprint density at radius 3 is 2.30 bits per heavy atom. The van der Waals surface area contributed by atoms with E-state index in [0.29, 0.717) is 10.6 Å². The molecular weight excluding hydrogens is 300 g/mol. The predicted octanol–water partition coefficient (Wildman–Crippen LogP) is 6.83. The molecule has 0 aliphatic carbocycles. The van der Waals surface area contributed by atoms with E-state index in [9.17, 15) is 0 Å². The molecule has 0 N–H and O–H groups in total. The van der Waals surface area contributed by atoms with Crippen molar-refractivity contribution in [2.24, 2.45) is 0 Å². The molecule has 0 amide bonds. The standard InChI is InChI=1S/C22H15Cl/c23-20-13-11-16(12-14-20)18-7-3-8-19(15-18)22-10-4-6-17-5-1-2-9-21(17)22/h1-15H/i1D,2D,4D,5D,6D,9D,10D. The summed E-state index contributed by atoms with van der Waals surface area (Å²) in [4.78, 5) is 0. The Hall–Kier alpha value is -2.57. The van der Waals surface area contributed by atoms with Gasteiger partial charge in [-0.3, -0.25) is 0 Å². The molecule has 0 heterocycles. The predicted molar refractivity (Wildman–Crippen MR) is 99.8 cm³/mol. The van der Waals surface area contributed by atoms with Gasteiger partial charge in [-0.1, -0.05) is 84.2 Å². The molecule has 0 aliphatic heterocycles. The summed E-state index contributed by atoms with van der Waals surface area (Å²) < 4.78 is 57.5. The zero-order valence-corrected chi connectivity index (χ0v) is 12.8. The lowest BCUT2D eigenvalue weighted by atomic mass is 9.95. The van der Waals surface area contributed by atoms with Gasteiger partial charge in [-0.05, 0) is 51.2 Å². The number of fused-ring (bicyclic) bond motifs is 1. The maximum absolute atomic E-state index is 8.47. The summed E-state index contributed by atoms with van der Waals surface area (Å²) in [7, 11) is 0. The molecule has 0 unspecified atom stereocenters. The van der Waals surface area contributed by atoms with Gasteiger partial charge in [0.25, 0.3) is 0 Å². The summed E-state index contributed by atoms with van der Waals surface area (Å²) in [5, 5.41) is 0.643. The molecule has 0 fully saturated rings. The van der Waals surface area contributed by atoms with Crippen molar-refractivity contribution in [2.75, 3.05) is 0 Å². The Labute approximate surface area is 150 Å². The zero-order valence-electron chi connectivity index (χ0n) is 19.0. The van der Waals surface area contributed by atoms with Gasteiger partial charge < -0.3 is 0 Å². The fourth-order valence-electron chi connectivity index (χ4n) is 2.53. The molecule has 110 valence electrons. The van der Waals surface area contributed by atoms with E-state index in [0.717, 1.165) is 11.1 Å². The topological polar surface area (TPSA) is 0 Å². The van der Waals surface area contributed by atoms with Crippen LogP contribution in [0.1, 0.15) is 9.60 Å². The minimum absolute atomic E-state index is 0.0473. The van der Waals surface area contributed by atoms with Crippen molar-refractivity contribution >= 4 is 22.4 Å². The normalized spacial score (nSPS) is 15.1. The van der Waals surface area contributed by atoms with E-state index >= 15 is 0 Å². The lowest BCUT2D eigenvalue weighted by Gasteiger charge is -2.09. The lowest BCUT2D eigenvalue weighted by molar-refractivity contribution is 1.60. The second-order valence-corrected chi connectivity index (χ2v) is 5.52. The fraction of sp³-hybridized carbons (Fsp3) is 0. The van der Waals surface area contributed by atoms with Gasteiger partial charge >= 0.3 is 0 Å². The first-order valence-corrected chi connectivity index (χ1v) is 7.46. The van der Waals surface area contributed by atoms with Crippen LogP contribution in [0.25, 0.3) is 33.0 Å². The van der Waals surface area contributed by atoms with E-state index in [1.54, 1.807) is 30.3 Å². The van der Waals surface area contributed by atoms with Gasteiger partial charge in [-0.15, -0.1) is 0 Å². The van der Waals surface area contributed by atoms with Crippen molar-refractivity contribution in [3.05, 3.63) is 95.9 Å². The maximum atomic E-state index is 8.47. The third-order valence-corrected chi connectivity index (χ3v) is 3.89. The molecule has 1 heteroatoms. The van der Waals surface area contributed by atoms with E-state index in [1.165, 1.54) is 0 Å². The highest BCUT2D eigenvalue weighted by Gasteiger charge is 2.05. The van der Waals surface area contributed by atoms with Crippen LogP contribution in [0.3, 0.4) is 0 Å². The van der Waals surface area contributed by atoms with Crippen molar-refractivity contribution in [1.82, 2.24) is 0 Å². The van der Waals surface area contributed by atoms with Crippen LogP contribution in [-0.2, 0) is 0 Å². The van der Waals surface area contributed by atoms with Crippen molar-refractivity contribution in [1.29, 1.82) is 0 Å². The van der Waals surface area contributed by atoms with Crippen LogP contribution >= 0.6 is 11.6 Å². The fourth-order valence-corrected chi connectivity index (χ4v) is 2.65. The summed E-state index contributed by atoms with van der Waals surface area (Å²) >= 11 is 5.97. The van der Waals surface area contributed by atoms with Crippen molar-refractivity contribution < 1.29 is 9.60 Å². The SMILES string of the molecule is [2H]c1c([2H])c([2H])c2c(-c3cccc(-c4ccc(Cl)cc4)c3)c([2H])c([2H])c([2H])c2c1[2H]. The van der Waals surface area contributed by atoms with Gasteiger partial charge in [-0.2, -0.15) is 0 Å².